The fourth-order valence-electron chi connectivity index (χ4n) is 4.26. The van der Waals surface area contributed by atoms with Gasteiger partial charge in [-0.15, -0.1) is 11.3 Å². The Labute approximate surface area is 220 Å². The molecule has 0 bridgehead atoms. The number of imide groups is 1. The molecule has 37 heavy (non-hydrogen) atoms. The molecule has 1 N–H and O–H groups in total. The minimum absolute atomic E-state index is 0.0630. The second-order valence-corrected chi connectivity index (χ2v) is 10.1. The molecule has 0 atom stereocenters. The van der Waals surface area contributed by atoms with Crippen molar-refractivity contribution in [2.45, 2.75) is 0 Å². The molecule has 4 heterocycles. The molecule has 12 heteroatoms. The van der Waals surface area contributed by atoms with Crippen LogP contribution in [0.3, 0.4) is 0 Å². The number of carbonyl (C=O) groups is 4. The van der Waals surface area contributed by atoms with Gasteiger partial charge in [0.1, 0.15) is 18.4 Å². The van der Waals surface area contributed by atoms with Crippen molar-refractivity contribution in [3.05, 3.63) is 74.6 Å². The number of halogens is 1. The number of amides is 4. The Morgan fingerprint density at radius 2 is 1.84 bits per heavy atom. The smallest absolute Gasteiger partial charge is 0.265 e. The molecule has 1 aromatic carbocycles. The third kappa shape index (κ3) is 4.76. The normalized spacial score (nSPS) is 15.0. The Morgan fingerprint density at radius 1 is 1.05 bits per heavy atom. The second-order valence-electron chi connectivity index (χ2n) is 8.37. The molecule has 3 aromatic rings. The zero-order valence-electron chi connectivity index (χ0n) is 19.3. The number of pyridine rings is 1. The highest BCUT2D eigenvalue weighted by Crippen LogP contribution is 2.31. The van der Waals surface area contributed by atoms with Crippen LogP contribution in [0.1, 0.15) is 36.0 Å². The summed E-state index contributed by atoms with van der Waals surface area (Å²) in [4.78, 5) is 60.9. The van der Waals surface area contributed by atoms with Gasteiger partial charge >= 0.3 is 0 Å². The number of carbonyl (C=O) groups excluding carboxylic acids is 4. The van der Waals surface area contributed by atoms with E-state index < -0.39 is 24.3 Å². The zero-order valence-corrected chi connectivity index (χ0v) is 20.9. The molecule has 4 amide bonds. The van der Waals surface area contributed by atoms with E-state index in [4.69, 9.17) is 16.9 Å². The number of fused-ring (bicyclic) bond motifs is 1. The van der Waals surface area contributed by atoms with Crippen molar-refractivity contribution in [1.82, 2.24) is 14.8 Å². The van der Waals surface area contributed by atoms with Crippen LogP contribution in [-0.4, -0.2) is 71.1 Å². The second kappa shape index (κ2) is 10.0. The predicted octanol–water partition coefficient (Wildman–Crippen LogP) is 2.87. The maximum Gasteiger partial charge on any atom is 0.265 e. The van der Waals surface area contributed by atoms with Crippen molar-refractivity contribution in [1.29, 1.82) is 5.26 Å². The van der Waals surface area contributed by atoms with E-state index in [1.807, 2.05) is 11.0 Å². The molecule has 0 aliphatic carbocycles. The predicted molar refractivity (Wildman–Crippen MR) is 137 cm³/mol. The molecule has 5 rings (SSSR count). The highest BCUT2D eigenvalue weighted by Gasteiger charge is 2.39. The van der Waals surface area contributed by atoms with E-state index in [-0.39, 0.29) is 22.7 Å². The van der Waals surface area contributed by atoms with Crippen LogP contribution in [0, 0.1) is 11.3 Å². The number of anilines is 2. The van der Waals surface area contributed by atoms with Gasteiger partial charge in [-0.1, -0.05) is 17.7 Å². The number of piperazine rings is 1. The number of nitrogens with one attached hydrogen (secondary N) is 1. The van der Waals surface area contributed by atoms with Gasteiger partial charge in [0.25, 0.3) is 17.7 Å². The first-order valence-corrected chi connectivity index (χ1v) is 12.5. The first-order chi connectivity index (χ1) is 17.9. The van der Waals surface area contributed by atoms with Gasteiger partial charge in [0, 0.05) is 32.4 Å². The van der Waals surface area contributed by atoms with E-state index in [2.05, 4.69) is 10.3 Å². The van der Waals surface area contributed by atoms with Crippen LogP contribution in [-0.2, 0) is 4.79 Å². The zero-order chi connectivity index (χ0) is 26.1. The van der Waals surface area contributed by atoms with E-state index in [1.165, 1.54) is 12.3 Å². The van der Waals surface area contributed by atoms with Gasteiger partial charge in [0.15, 0.2) is 0 Å². The summed E-state index contributed by atoms with van der Waals surface area (Å²) in [7, 11) is 0. The number of rotatable bonds is 5. The van der Waals surface area contributed by atoms with E-state index in [1.54, 1.807) is 41.3 Å². The van der Waals surface area contributed by atoms with E-state index in [0.29, 0.717) is 46.8 Å². The summed E-state index contributed by atoms with van der Waals surface area (Å²) < 4.78 is 0.452. The van der Waals surface area contributed by atoms with E-state index >= 15 is 0 Å². The van der Waals surface area contributed by atoms with Crippen molar-refractivity contribution >= 4 is 58.1 Å². The van der Waals surface area contributed by atoms with Gasteiger partial charge in [-0.3, -0.25) is 24.1 Å². The van der Waals surface area contributed by atoms with Gasteiger partial charge in [-0.05, 0) is 36.4 Å². The molecule has 2 aromatic heterocycles. The lowest BCUT2D eigenvalue weighted by atomic mass is 10.1. The van der Waals surface area contributed by atoms with Gasteiger partial charge in [-0.2, -0.15) is 5.26 Å². The first-order valence-electron chi connectivity index (χ1n) is 11.3. The third-order valence-electron chi connectivity index (χ3n) is 6.17. The van der Waals surface area contributed by atoms with Gasteiger partial charge in [0.2, 0.25) is 5.91 Å². The minimum atomic E-state index is -0.631. The number of benzene rings is 1. The number of nitrogens with zero attached hydrogens (tertiary/aromatic N) is 5. The van der Waals surface area contributed by atoms with Gasteiger partial charge < -0.3 is 15.1 Å². The van der Waals surface area contributed by atoms with Crippen molar-refractivity contribution < 1.29 is 19.2 Å². The summed E-state index contributed by atoms with van der Waals surface area (Å²) in [6, 6.07) is 13.3. The molecule has 2 aliphatic rings. The first kappa shape index (κ1) is 24.4. The Balaban J connectivity index is 1.24. The van der Waals surface area contributed by atoms with Crippen LogP contribution in [0.4, 0.5) is 11.5 Å². The average molecular weight is 535 g/mol. The van der Waals surface area contributed by atoms with Crippen molar-refractivity contribution in [2.75, 3.05) is 42.9 Å². The standard InChI is InChI=1S/C25H19ClN6O4S/c26-19-6-5-18(37-19)23(34)29-17-3-1-2-16-22(17)25(36)32(24(16)35)14-21(33)31-10-8-30(9-11-31)20-7-4-15(12-27)13-28-20/h1-7,13H,8-11,14H2,(H,29,34). The lowest BCUT2D eigenvalue weighted by Gasteiger charge is -2.35. The van der Waals surface area contributed by atoms with E-state index in [9.17, 15) is 19.2 Å². The lowest BCUT2D eigenvalue weighted by Crippen LogP contribution is -2.52. The van der Waals surface area contributed by atoms with Gasteiger partial charge in [-0.25, -0.2) is 4.98 Å². The summed E-state index contributed by atoms with van der Waals surface area (Å²) in [5.74, 6) is -1.29. The SMILES string of the molecule is N#Cc1ccc(N2CCN(C(=O)CN3C(=O)c4cccc(NC(=O)c5ccc(Cl)s5)c4C3=O)CC2)nc1. The highest BCUT2D eigenvalue weighted by molar-refractivity contribution is 7.18. The van der Waals surface area contributed by atoms with Crippen molar-refractivity contribution in [2.24, 2.45) is 0 Å². The van der Waals surface area contributed by atoms with Crippen LogP contribution in [0.15, 0.2) is 48.7 Å². The molecule has 1 saturated heterocycles. The summed E-state index contributed by atoms with van der Waals surface area (Å²) in [5.41, 5.74) is 0.866. The topological polar surface area (TPSA) is 127 Å². The molecule has 0 spiro atoms. The van der Waals surface area contributed by atoms with Crippen molar-refractivity contribution in [3.63, 3.8) is 0 Å². The molecule has 1 fully saturated rings. The number of hydrogen-bond donors (Lipinski definition) is 1. The number of hydrogen-bond acceptors (Lipinski definition) is 8. The fourth-order valence-corrected chi connectivity index (χ4v) is 5.20. The molecule has 186 valence electrons. The Morgan fingerprint density at radius 3 is 2.49 bits per heavy atom. The largest absolute Gasteiger partial charge is 0.353 e. The number of aromatic nitrogens is 1. The summed E-state index contributed by atoms with van der Waals surface area (Å²) in [5, 5.41) is 11.6. The van der Waals surface area contributed by atoms with Crippen LogP contribution in [0.2, 0.25) is 4.34 Å². The molecular weight excluding hydrogens is 516 g/mol. The number of thiophene rings is 1. The minimum Gasteiger partial charge on any atom is -0.353 e. The Bertz CT molecular complexity index is 1460. The molecule has 0 unspecified atom stereocenters. The van der Waals surface area contributed by atoms with Crippen LogP contribution in [0.25, 0.3) is 0 Å². The maximum absolute atomic E-state index is 13.2. The van der Waals surface area contributed by atoms with Crippen LogP contribution >= 0.6 is 22.9 Å². The lowest BCUT2D eigenvalue weighted by molar-refractivity contribution is -0.131. The third-order valence-corrected chi connectivity index (χ3v) is 7.40. The molecule has 10 nitrogen and oxygen atoms in total. The summed E-state index contributed by atoms with van der Waals surface area (Å²) >= 11 is 7.00. The van der Waals surface area contributed by atoms with E-state index in [0.717, 1.165) is 16.2 Å². The highest BCUT2D eigenvalue weighted by atomic mass is 35.5. The average Bonchev–Trinajstić information content (AvgIpc) is 3.46. The number of nitriles is 1. The van der Waals surface area contributed by atoms with Crippen molar-refractivity contribution in [3.8, 4) is 6.07 Å². The molecule has 2 aliphatic heterocycles. The van der Waals surface area contributed by atoms with Gasteiger partial charge in [0.05, 0.1) is 31.6 Å². The summed E-state index contributed by atoms with van der Waals surface area (Å²) in [6.45, 7) is 1.45. The fraction of sp³-hybridized carbons (Fsp3) is 0.200. The Hall–Kier alpha value is -4.27. The Kier molecular flexibility index (Phi) is 6.60. The molecule has 0 saturated carbocycles. The van der Waals surface area contributed by atoms with Crippen LogP contribution < -0.4 is 10.2 Å². The van der Waals surface area contributed by atoms with Crippen LogP contribution in [0.5, 0.6) is 0 Å². The quantitative estimate of drug-likeness (QED) is 0.499. The summed E-state index contributed by atoms with van der Waals surface area (Å²) in [6.07, 6.45) is 1.50. The molecule has 0 radical (unpaired) electrons. The molecular formula is C25H19ClN6O4S. The monoisotopic (exact) mass is 534 g/mol. The maximum atomic E-state index is 13.2.